The quantitative estimate of drug-likeness (QED) is 0.847. The predicted octanol–water partition coefficient (Wildman–Crippen LogP) is 2.67. The van der Waals surface area contributed by atoms with E-state index in [4.69, 9.17) is 11.6 Å². The standard InChI is InChI=1S/C11H15ClN2OS/c12-5-8-3-1-2-4-9(8)14-11(15)10-6-13-7-16-10/h6-9H,1-5H2,(H,14,15). The lowest BCUT2D eigenvalue weighted by molar-refractivity contribution is 0.0915. The molecule has 1 N–H and O–H groups in total. The van der Waals surface area contributed by atoms with Crippen LogP contribution in [0, 0.1) is 5.92 Å². The molecule has 2 rings (SSSR count). The third-order valence-corrected chi connectivity index (χ3v) is 4.25. The normalized spacial score (nSPS) is 25.3. The van der Waals surface area contributed by atoms with Gasteiger partial charge in [0.25, 0.3) is 5.91 Å². The van der Waals surface area contributed by atoms with Crippen LogP contribution in [0.3, 0.4) is 0 Å². The van der Waals surface area contributed by atoms with Crippen molar-refractivity contribution in [1.82, 2.24) is 10.3 Å². The molecule has 1 heterocycles. The molecule has 1 saturated carbocycles. The summed E-state index contributed by atoms with van der Waals surface area (Å²) in [5.74, 6) is 1.05. The van der Waals surface area contributed by atoms with E-state index < -0.39 is 0 Å². The van der Waals surface area contributed by atoms with Gasteiger partial charge >= 0.3 is 0 Å². The number of aromatic nitrogens is 1. The van der Waals surface area contributed by atoms with Gasteiger partial charge in [0.05, 0.1) is 11.7 Å². The van der Waals surface area contributed by atoms with Crippen LogP contribution in [0.2, 0.25) is 0 Å². The second kappa shape index (κ2) is 5.64. The van der Waals surface area contributed by atoms with Crippen LogP contribution >= 0.6 is 22.9 Å². The molecular weight excluding hydrogens is 244 g/mol. The van der Waals surface area contributed by atoms with Gasteiger partial charge in [0.2, 0.25) is 0 Å². The summed E-state index contributed by atoms with van der Waals surface area (Å²) in [6.07, 6.45) is 6.18. The second-order valence-electron chi connectivity index (χ2n) is 4.14. The highest BCUT2D eigenvalue weighted by Gasteiger charge is 2.26. The maximum Gasteiger partial charge on any atom is 0.263 e. The van der Waals surface area contributed by atoms with Crippen molar-refractivity contribution in [3.05, 3.63) is 16.6 Å². The molecule has 2 unspecified atom stereocenters. The molecule has 2 atom stereocenters. The Bertz CT molecular complexity index is 342. The van der Waals surface area contributed by atoms with Gasteiger partial charge in [0.1, 0.15) is 4.88 Å². The van der Waals surface area contributed by atoms with E-state index in [0.717, 1.165) is 12.8 Å². The van der Waals surface area contributed by atoms with Crippen LogP contribution in [-0.4, -0.2) is 22.8 Å². The Morgan fingerprint density at radius 3 is 3.06 bits per heavy atom. The Labute approximate surface area is 104 Å². The fourth-order valence-electron chi connectivity index (χ4n) is 2.15. The first-order valence-corrected chi connectivity index (χ1v) is 6.98. The molecule has 0 aliphatic heterocycles. The van der Waals surface area contributed by atoms with Crippen LogP contribution in [0.1, 0.15) is 35.4 Å². The van der Waals surface area contributed by atoms with Crippen molar-refractivity contribution >= 4 is 28.8 Å². The Kier molecular flexibility index (Phi) is 4.18. The minimum Gasteiger partial charge on any atom is -0.348 e. The van der Waals surface area contributed by atoms with Crippen molar-refractivity contribution in [1.29, 1.82) is 0 Å². The molecule has 88 valence electrons. The van der Waals surface area contributed by atoms with Gasteiger partial charge in [-0.05, 0) is 18.8 Å². The smallest absolute Gasteiger partial charge is 0.263 e. The SMILES string of the molecule is O=C(NC1CCCCC1CCl)c1cncs1. The number of hydrogen-bond acceptors (Lipinski definition) is 3. The summed E-state index contributed by atoms with van der Waals surface area (Å²) in [7, 11) is 0. The van der Waals surface area contributed by atoms with Crippen LogP contribution in [0.5, 0.6) is 0 Å². The number of hydrogen-bond donors (Lipinski definition) is 1. The molecule has 1 amide bonds. The van der Waals surface area contributed by atoms with Gasteiger partial charge in [-0.3, -0.25) is 9.78 Å². The predicted molar refractivity (Wildman–Crippen MR) is 66.0 cm³/mol. The average Bonchev–Trinajstić information content (AvgIpc) is 2.83. The largest absolute Gasteiger partial charge is 0.348 e. The van der Waals surface area contributed by atoms with Crippen LogP contribution in [0.4, 0.5) is 0 Å². The fourth-order valence-corrected chi connectivity index (χ4v) is 3.04. The number of amides is 1. The second-order valence-corrected chi connectivity index (χ2v) is 5.34. The molecular formula is C11H15ClN2OS. The first-order valence-electron chi connectivity index (χ1n) is 5.56. The van der Waals surface area contributed by atoms with E-state index in [1.54, 1.807) is 11.7 Å². The van der Waals surface area contributed by atoms with Crippen molar-refractivity contribution in [2.45, 2.75) is 31.7 Å². The van der Waals surface area contributed by atoms with Gasteiger partial charge < -0.3 is 5.32 Å². The number of rotatable bonds is 3. The minimum absolute atomic E-state index is 0.00971. The molecule has 16 heavy (non-hydrogen) atoms. The molecule has 1 aromatic rings. The molecule has 1 aliphatic carbocycles. The summed E-state index contributed by atoms with van der Waals surface area (Å²) in [6, 6.07) is 0.237. The maximum atomic E-state index is 11.9. The van der Waals surface area contributed by atoms with E-state index in [-0.39, 0.29) is 11.9 Å². The van der Waals surface area contributed by atoms with E-state index >= 15 is 0 Å². The van der Waals surface area contributed by atoms with Gasteiger partial charge in [-0.15, -0.1) is 22.9 Å². The molecule has 5 heteroatoms. The van der Waals surface area contributed by atoms with Gasteiger partial charge in [0, 0.05) is 11.9 Å². The lowest BCUT2D eigenvalue weighted by Gasteiger charge is -2.30. The van der Waals surface area contributed by atoms with Crippen molar-refractivity contribution in [2.75, 3.05) is 5.88 Å². The van der Waals surface area contributed by atoms with Crippen LogP contribution in [-0.2, 0) is 0 Å². The summed E-state index contributed by atoms with van der Waals surface area (Å²) in [6.45, 7) is 0. The number of nitrogens with zero attached hydrogens (tertiary/aromatic N) is 1. The van der Waals surface area contributed by atoms with Crippen molar-refractivity contribution in [3.63, 3.8) is 0 Å². The highest BCUT2D eigenvalue weighted by molar-refractivity contribution is 7.11. The van der Waals surface area contributed by atoms with Gasteiger partial charge in [-0.1, -0.05) is 12.8 Å². The number of carbonyl (C=O) groups excluding carboxylic acids is 1. The van der Waals surface area contributed by atoms with E-state index in [9.17, 15) is 4.79 Å². The molecule has 1 fully saturated rings. The number of nitrogens with one attached hydrogen (secondary N) is 1. The maximum absolute atomic E-state index is 11.9. The minimum atomic E-state index is -0.00971. The first-order chi connectivity index (χ1) is 7.81. The number of halogens is 1. The first kappa shape index (κ1) is 11.9. The van der Waals surface area contributed by atoms with Crippen molar-refractivity contribution < 1.29 is 4.79 Å². The highest BCUT2D eigenvalue weighted by atomic mass is 35.5. The van der Waals surface area contributed by atoms with Gasteiger partial charge in [0.15, 0.2) is 0 Å². The Morgan fingerprint density at radius 2 is 2.38 bits per heavy atom. The summed E-state index contributed by atoms with van der Waals surface area (Å²) in [4.78, 5) is 16.4. The summed E-state index contributed by atoms with van der Waals surface area (Å²) in [5, 5.41) is 3.07. The lowest BCUT2D eigenvalue weighted by Crippen LogP contribution is -2.42. The average molecular weight is 259 g/mol. The zero-order chi connectivity index (χ0) is 11.4. The van der Waals surface area contributed by atoms with Crippen LogP contribution in [0.15, 0.2) is 11.7 Å². The van der Waals surface area contributed by atoms with E-state index in [1.807, 2.05) is 0 Å². The highest BCUT2D eigenvalue weighted by Crippen LogP contribution is 2.25. The number of alkyl halides is 1. The lowest BCUT2D eigenvalue weighted by atomic mass is 9.86. The third kappa shape index (κ3) is 2.74. The van der Waals surface area contributed by atoms with Crippen molar-refractivity contribution in [3.8, 4) is 0 Å². The van der Waals surface area contributed by atoms with E-state index in [0.29, 0.717) is 16.7 Å². The van der Waals surface area contributed by atoms with E-state index in [1.165, 1.54) is 24.2 Å². The third-order valence-electron chi connectivity index (χ3n) is 3.08. The monoisotopic (exact) mass is 258 g/mol. The summed E-state index contributed by atoms with van der Waals surface area (Å²) in [5.41, 5.74) is 1.68. The van der Waals surface area contributed by atoms with Crippen LogP contribution < -0.4 is 5.32 Å². The van der Waals surface area contributed by atoms with Gasteiger partial charge in [-0.2, -0.15) is 0 Å². The summed E-state index contributed by atoms with van der Waals surface area (Å²) >= 11 is 7.29. The molecule has 0 radical (unpaired) electrons. The zero-order valence-corrected chi connectivity index (χ0v) is 10.6. The Morgan fingerprint density at radius 1 is 1.56 bits per heavy atom. The van der Waals surface area contributed by atoms with Gasteiger partial charge in [-0.25, -0.2) is 0 Å². The topological polar surface area (TPSA) is 42.0 Å². The fraction of sp³-hybridized carbons (Fsp3) is 0.636. The summed E-state index contributed by atoms with van der Waals surface area (Å²) < 4.78 is 0. The Hall–Kier alpha value is -0.610. The van der Waals surface area contributed by atoms with E-state index in [2.05, 4.69) is 10.3 Å². The zero-order valence-electron chi connectivity index (χ0n) is 8.99. The number of carbonyl (C=O) groups is 1. The molecule has 1 aliphatic rings. The molecule has 1 aromatic heterocycles. The molecule has 0 bridgehead atoms. The molecule has 3 nitrogen and oxygen atoms in total. The molecule has 0 spiro atoms. The van der Waals surface area contributed by atoms with Crippen molar-refractivity contribution in [2.24, 2.45) is 5.92 Å². The van der Waals surface area contributed by atoms with Crippen LogP contribution in [0.25, 0.3) is 0 Å². The Balaban J connectivity index is 1.95. The molecule has 0 aromatic carbocycles. The number of thiazole rings is 1. The molecule has 0 saturated heterocycles.